The maximum Gasteiger partial charge on any atom is 0.305 e. The van der Waals surface area contributed by atoms with E-state index in [2.05, 4.69) is 0 Å². The number of amides is 1. The lowest BCUT2D eigenvalue weighted by Gasteiger charge is -2.22. The second kappa shape index (κ2) is 9.05. The van der Waals surface area contributed by atoms with Crippen molar-refractivity contribution in [2.75, 3.05) is 13.7 Å². The van der Waals surface area contributed by atoms with Crippen molar-refractivity contribution in [3.63, 3.8) is 0 Å². The topological polar surface area (TPSA) is 66.8 Å². The van der Waals surface area contributed by atoms with Crippen LogP contribution in [0.3, 0.4) is 0 Å². The molecule has 0 atom stereocenters. The summed E-state index contributed by atoms with van der Waals surface area (Å²) in [6, 6.07) is 10.1. The highest BCUT2D eigenvalue weighted by Crippen LogP contribution is 2.15. The first-order chi connectivity index (χ1) is 12.4. The number of nitrogens with zero attached hydrogens (tertiary/aromatic N) is 1. The maximum absolute atomic E-state index is 13.4. The molecule has 0 aromatic heterocycles. The van der Waals surface area contributed by atoms with Crippen molar-refractivity contribution in [3.8, 4) is 0 Å². The van der Waals surface area contributed by atoms with Gasteiger partial charge in [-0.15, -0.1) is 0 Å². The van der Waals surface area contributed by atoms with Gasteiger partial charge in [0.05, 0.1) is 13.0 Å². The molecule has 0 aliphatic carbocycles. The van der Waals surface area contributed by atoms with E-state index in [-0.39, 0.29) is 25.4 Å². The van der Waals surface area contributed by atoms with Gasteiger partial charge in [0.25, 0.3) is 5.91 Å². The molecule has 0 spiro atoms. The molecule has 0 unspecified atom stereocenters. The van der Waals surface area contributed by atoms with Crippen molar-refractivity contribution in [2.45, 2.75) is 19.6 Å². The Hall–Kier alpha value is -2.80. The van der Waals surface area contributed by atoms with Crippen LogP contribution in [-0.2, 0) is 22.7 Å². The molecule has 0 heterocycles. The molecular weight excluding hydrogens is 344 g/mol. The minimum atomic E-state index is -1.05. The monoisotopic (exact) mass is 363 g/mol. The molecule has 0 bridgehead atoms. The molecule has 5 nitrogen and oxygen atoms in total. The minimum Gasteiger partial charge on any atom is -0.481 e. The summed E-state index contributed by atoms with van der Waals surface area (Å²) in [6.07, 6.45) is -0.253. The fourth-order valence-corrected chi connectivity index (χ4v) is 2.43. The lowest BCUT2D eigenvalue weighted by Crippen LogP contribution is -2.32. The number of rotatable bonds is 8. The van der Waals surface area contributed by atoms with Gasteiger partial charge in [-0.25, -0.2) is 8.78 Å². The van der Waals surface area contributed by atoms with E-state index in [0.717, 1.165) is 17.7 Å². The molecular formula is C19H19F2NO4. The lowest BCUT2D eigenvalue weighted by atomic mass is 10.1. The zero-order valence-electron chi connectivity index (χ0n) is 14.2. The van der Waals surface area contributed by atoms with Crippen LogP contribution in [-0.4, -0.2) is 35.5 Å². The predicted molar refractivity (Wildman–Crippen MR) is 90.5 cm³/mol. The van der Waals surface area contributed by atoms with E-state index < -0.39 is 17.6 Å². The first kappa shape index (κ1) is 19.5. The second-order valence-electron chi connectivity index (χ2n) is 5.75. The Bertz CT molecular complexity index is 778. The van der Waals surface area contributed by atoms with Gasteiger partial charge in [0.1, 0.15) is 0 Å². The summed E-state index contributed by atoms with van der Waals surface area (Å²) in [5.74, 6) is -3.44. The third kappa shape index (κ3) is 5.35. The van der Waals surface area contributed by atoms with E-state index >= 15 is 0 Å². The first-order valence-electron chi connectivity index (χ1n) is 7.93. The molecule has 138 valence electrons. The van der Waals surface area contributed by atoms with Gasteiger partial charge < -0.3 is 14.7 Å². The predicted octanol–water partition coefficient (Wildman–Crippen LogP) is 3.23. The third-order valence-electron chi connectivity index (χ3n) is 3.75. The van der Waals surface area contributed by atoms with Crippen LogP contribution in [0.2, 0.25) is 0 Å². The summed E-state index contributed by atoms with van der Waals surface area (Å²) >= 11 is 0. The van der Waals surface area contributed by atoms with Crippen molar-refractivity contribution >= 4 is 11.9 Å². The van der Waals surface area contributed by atoms with Crippen LogP contribution in [0.1, 0.15) is 27.9 Å². The number of ether oxygens (including phenoxy) is 1. The SMILES string of the molecule is COCc1ccc(C(=O)N(CCC(=O)O)Cc2ccc(F)c(F)c2)cc1. The number of hydrogen-bond acceptors (Lipinski definition) is 3. The van der Waals surface area contributed by atoms with Crippen molar-refractivity contribution in [1.29, 1.82) is 0 Å². The summed E-state index contributed by atoms with van der Waals surface area (Å²) < 4.78 is 31.5. The largest absolute Gasteiger partial charge is 0.481 e. The summed E-state index contributed by atoms with van der Waals surface area (Å²) in [5.41, 5.74) is 1.64. The van der Waals surface area contributed by atoms with E-state index in [4.69, 9.17) is 9.84 Å². The summed E-state index contributed by atoms with van der Waals surface area (Å²) in [5, 5.41) is 8.90. The molecule has 0 aliphatic rings. The molecule has 26 heavy (non-hydrogen) atoms. The summed E-state index contributed by atoms with van der Waals surface area (Å²) in [4.78, 5) is 24.9. The molecule has 1 amide bonds. The summed E-state index contributed by atoms with van der Waals surface area (Å²) in [7, 11) is 1.56. The fourth-order valence-electron chi connectivity index (χ4n) is 2.43. The Morgan fingerprint density at radius 1 is 1.04 bits per heavy atom. The van der Waals surface area contributed by atoms with Gasteiger partial charge in [0, 0.05) is 25.8 Å². The van der Waals surface area contributed by atoms with Crippen LogP contribution in [0, 0.1) is 11.6 Å². The molecule has 0 saturated heterocycles. The quantitative estimate of drug-likeness (QED) is 0.782. The van der Waals surface area contributed by atoms with Crippen LogP contribution >= 0.6 is 0 Å². The van der Waals surface area contributed by atoms with Crippen LogP contribution in [0.15, 0.2) is 42.5 Å². The maximum atomic E-state index is 13.4. The zero-order chi connectivity index (χ0) is 19.1. The Labute approximate surface area is 149 Å². The molecule has 2 aromatic carbocycles. The molecule has 0 fully saturated rings. The average molecular weight is 363 g/mol. The van der Waals surface area contributed by atoms with Gasteiger partial charge in [-0.1, -0.05) is 18.2 Å². The number of methoxy groups -OCH3 is 1. The number of halogens is 2. The number of aliphatic carboxylic acids is 1. The molecule has 1 N–H and O–H groups in total. The van der Waals surface area contributed by atoms with Gasteiger partial charge in [0.2, 0.25) is 0 Å². The second-order valence-corrected chi connectivity index (χ2v) is 5.75. The van der Waals surface area contributed by atoms with Gasteiger partial charge in [-0.05, 0) is 35.4 Å². The number of carboxylic acid groups (broad SMARTS) is 1. The average Bonchev–Trinajstić information content (AvgIpc) is 2.62. The highest BCUT2D eigenvalue weighted by atomic mass is 19.2. The third-order valence-corrected chi connectivity index (χ3v) is 3.75. The van der Waals surface area contributed by atoms with Gasteiger partial charge in [-0.2, -0.15) is 0 Å². The molecule has 2 rings (SSSR count). The molecule has 0 aliphatic heterocycles. The highest BCUT2D eigenvalue weighted by Gasteiger charge is 2.18. The minimum absolute atomic E-state index is 0.0247. The van der Waals surface area contributed by atoms with Crippen molar-refractivity contribution in [3.05, 3.63) is 70.8 Å². The molecule has 0 radical (unpaired) electrons. The van der Waals surface area contributed by atoms with Crippen LogP contribution in [0.4, 0.5) is 8.78 Å². The molecule has 7 heteroatoms. The number of carbonyl (C=O) groups is 2. The highest BCUT2D eigenvalue weighted by molar-refractivity contribution is 5.94. The molecule has 0 saturated carbocycles. The lowest BCUT2D eigenvalue weighted by molar-refractivity contribution is -0.137. The Morgan fingerprint density at radius 2 is 1.69 bits per heavy atom. The standard InChI is InChI=1S/C19H19F2NO4/c1-26-12-13-2-5-15(6-3-13)19(25)22(9-8-18(23)24)11-14-4-7-16(20)17(21)10-14/h2-7,10H,8-9,11-12H2,1H3,(H,23,24). The van der Waals surface area contributed by atoms with Gasteiger partial charge >= 0.3 is 5.97 Å². The Balaban J connectivity index is 2.20. The van der Waals surface area contributed by atoms with Crippen molar-refractivity contribution < 1.29 is 28.2 Å². The van der Waals surface area contributed by atoms with Gasteiger partial charge in [-0.3, -0.25) is 9.59 Å². The van der Waals surface area contributed by atoms with E-state index in [1.54, 1.807) is 31.4 Å². The first-order valence-corrected chi connectivity index (χ1v) is 7.93. The number of carboxylic acids is 1. The Morgan fingerprint density at radius 3 is 2.27 bits per heavy atom. The zero-order valence-corrected chi connectivity index (χ0v) is 14.2. The fraction of sp³-hybridized carbons (Fsp3) is 0.263. The van der Waals surface area contributed by atoms with E-state index in [1.165, 1.54) is 11.0 Å². The number of hydrogen-bond donors (Lipinski definition) is 1. The van der Waals surface area contributed by atoms with Crippen LogP contribution < -0.4 is 0 Å². The molecule has 2 aromatic rings. The van der Waals surface area contributed by atoms with Crippen molar-refractivity contribution in [2.24, 2.45) is 0 Å². The Kier molecular flexibility index (Phi) is 6.80. The normalized spacial score (nSPS) is 10.6. The van der Waals surface area contributed by atoms with Crippen molar-refractivity contribution in [1.82, 2.24) is 4.90 Å². The number of carbonyl (C=O) groups excluding carboxylic acids is 1. The number of benzene rings is 2. The smallest absolute Gasteiger partial charge is 0.305 e. The van der Waals surface area contributed by atoms with E-state index in [9.17, 15) is 18.4 Å². The summed E-state index contributed by atoms with van der Waals surface area (Å²) in [6.45, 7) is 0.335. The van der Waals surface area contributed by atoms with E-state index in [1.807, 2.05) is 0 Å². The van der Waals surface area contributed by atoms with Gasteiger partial charge in [0.15, 0.2) is 11.6 Å². The van der Waals surface area contributed by atoms with Crippen LogP contribution in [0.25, 0.3) is 0 Å². The van der Waals surface area contributed by atoms with Crippen LogP contribution in [0.5, 0.6) is 0 Å². The van der Waals surface area contributed by atoms with E-state index in [0.29, 0.717) is 17.7 Å².